The van der Waals surface area contributed by atoms with Crippen LogP contribution in [0.15, 0.2) is 36.5 Å². The molecular weight excluding hydrogens is 269 g/mol. The van der Waals surface area contributed by atoms with Crippen LogP contribution in [0, 0.1) is 12.9 Å². The summed E-state index contributed by atoms with van der Waals surface area (Å²) in [5.74, 6) is -0.146. The fraction of sp³-hybridized carbons (Fsp3) is 0.375. The predicted molar refractivity (Wildman–Crippen MR) is 77.5 cm³/mol. The van der Waals surface area contributed by atoms with Crippen molar-refractivity contribution in [2.45, 2.75) is 26.0 Å². The standard InChI is InChI=1S/C16H18FN3O/c1-12-13(4-3-8-18-12)10-20-9-7-14(11-20)21-16-6-2-5-15(17)19-16/h2-6,8,14H,7,9-11H2,1H3. The van der Waals surface area contributed by atoms with Crippen LogP contribution in [0.3, 0.4) is 0 Å². The fourth-order valence-corrected chi connectivity index (χ4v) is 2.59. The Morgan fingerprint density at radius 3 is 3.05 bits per heavy atom. The monoisotopic (exact) mass is 287 g/mol. The lowest BCUT2D eigenvalue weighted by Crippen LogP contribution is -2.25. The SMILES string of the molecule is Cc1ncccc1CN1CCC(Oc2cccc(F)n2)C1. The minimum absolute atomic E-state index is 0.0660. The van der Waals surface area contributed by atoms with Crippen molar-refractivity contribution < 1.29 is 9.13 Å². The molecule has 2 aromatic heterocycles. The molecule has 0 radical (unpaired) electrons. The lowest BCUT2D eigenvalue weighted by atomic mass is 10.2. The Hall–Kier alpha value is -2.01. The molecule has 3 heterocycles. The zero-order chi connectivity index (χ0) is 14.7. The molecule has 21 heavy (non-hydrogen) atoms. The van der Waals surface area contributed by atoms with Crippen LogP contribution in [0.25, 0.3) is 0 Å². The summed E-state index contributed by atoms with van der Waals surface area (Å²) in [4.78, 5) is 10.4. The number of aromatic nitrogens is 2. The van der Waals surface area contributed by atoms with Gasteiger partial charge in [-0.3, -0.25) is 9.88 Å². The summed E-state index contributed by atoms with van der Waals surface area (Å²) in [5, 5.41) is 0. The van der Waals surface area contributed by atoms with Gasteiger partial charge in [-0.25, -0.2) is 0 Å². The van der Waals surface area contributed by atoms with E-state index < -0.39 is 5.95 Å². The van der Waals surface area contributed by atoms with Gasteiger partial charge in [-0.05, 0) is 31.0 Å². The molecule has 1 fully saturated rings. The maximum absolute atomic E-state index is 13.0. The Labute approximate surface area is 123 Å². The minimum Gasteiger partial charge on any atom is -0.473 e. The third-order valence-electron chi connectivity index (χ3n) is 3.72. The van der Waals surface area contributed by atoms with E-state index in [4.69, 9.17) is 4.74 Å². The van der Waals surface area contributed by atoms with Crippen molar-refractivity contribution in [2.24, 2.45) is 0 Å². The molecule has 1 aliphatic rings. The number of ether oxygens (including phenoxy) is 1. The van der Waals surface area contributed by atoms with E-state index in [1.54, 1.807) is 12.1 Å². The molecule has 0 bridgehead atoms. The molecule has 1 saturated heterocycles. The summed E-state index contributed by atoms with van der Waals surface area (Å²) >= 11 is 0. The molecule has 5 heteroatoms. The molecule has 1 unspecified atom stereocenters. The van der Waals surface area contributed by atoms with Crippen molar-refractivity contribution in [1.29, 1.82) is 0 Å². The van der Waals surface area contributed by atoms with Gasteiger partial charge in [0.15, 0.2) is 0 Å². The molecule has 1 aliphatic heterocycles. The van der Waals surface area contributed by atoms with E-state index in [-0.39, 0.29) is 6.10 Å². The zero-order valence-electron chi connectivity index (χ0n) is 12.0. The number of halogens is 1. The van der Waals surface area contributed by atoms with Gasteiger partial charge in [0.05, 0.1) is 0 Å². The number of nitrogens with zero attached hydrogens (tertiary/aromatic N) is 3. The van der Waals surface area contributed by atoms with Crippen molar-refractivity contribution >= 4 is 0 Å². The third kappa shape index (κ3) is 3.55. The first kappa shape index (κ1) is 13.9. The highest BCUT2D eigenvalue weighted by atomic mass is 19.1. The van der Waals surface area contributed by atoms with Gasteiger partial charge in [0.25, 0.3) is 0 Å². The van der Waals surface area contributed by atoms with Crippen LogP contribution in [-0.2, 0) is 6.54 Å². The Balaban J connectivity index is 1.57. The smallest absolute Gasteiger partial charge is 0.216 e. The fourth-order valence-electron chi connectivity index (χ4n) is 2.59. The summed E-state index contributed by atoms with van der Waals surface area (Å²) in [6, 6.07) is 8.69. The van der Waals surface area contributed by atoms with Crippen molar-refractivity contribution in [3.05, 3.63) is 53.7 Å². The van der Waals surface area contributed by atoms with Crippen LogP contribution in [0.1, 0.15) is 17.7 Å². The number of aryl methyl sites for hydroxylation is 1. The van der Waals surface area contributed by atoms with Crippen LogP contribution < -0.4 is 4.74 Å². The topological polar surface area (TPSA) is 38.2 Å². The summed E-state index contributed by atoms with van der Waals surface area (Å²) in [5.41, 5.74) is 2.30. The average Bonchev–Trinajstić information content (AvgIpc) is 2.89. The highest BCUT2D eigenvalue weighted by Gasteiger charge is 2.24. The molecule has 4 nitrogen and oxygen atoms in total. The second-order valence-corrected chi connectivity index (χ2v) is 5.31. The Bertz CT molecular complexity index is 620. The molecule has 3 rings (SSSR count). The first-order valence-electron chi connectivity index (χ1n) is 7.13. The molecule has 0 spiro atoms. The highest BCUT2D eigenvalue weighted by molar-refractivity contribution is 5.18. The molecule has 110 valence electrons. The Kier molecular flexibility index (Phi) is 4.10. The summed E-state index contributed by atoms with van der Waals surface area (Å²) in [7, 11) is 0. The lowest BCUT2D eigenvalue weighted by molar-refractivity contribution is 0.189. The van der Waals surface area contributed by atoms with E-state index >= 15 is 0 Å². The van der Waals surface area contributed by atoms with Crippen LogP contribution in [0.5, 0.6) is 5.88 Å². The number of rotatable bonds is 4. The Morgan fingerprint density at radius 1 is 1.33 bits per heavy atom. The predicted octanol–water partition coefficient (Wildman–Crippen LogP) is 2.58. The average molecular weight is 287 g/mol. The first-order valence-corrected chi connectivity index (χ1v) is 7.13. The Morgan fingerprint density at radius 2 is 2.24 bits per heavy atom. The van der Waals surface area contributed by atoms with E-state index in [0.29, 0.717) is 5.88 Å². The first-order chi connectivity index (χ1) is 10.2. The molecule has 0 aliphatic carbocycles. The molecular formula is C16H18FN3O. The molecule has 2 aromatic rings. The quantitative estimate of drug-likeness (QED) is 0.810. The van der Waals surface area contributed by atoms with Crippen molar-refractivity contribution in [1.82, 2.24) is 14.9 Å². The van der Waals surface area contributed by atoms with Gasteiger partial charge in [-0.1, -0.05) is 12.1 Å². The normalized spacial score (nSPS) is 18.9. The molecule has 0 aromatic carbocycles. The van der Waals surface area contributed by atoms with Crippen LogP contribution in [-0.4, -0.2) is 34.1 Å². The van der Waals surface area contributed by atoms with Gasteiger partial charge in [-0.15, -0.1) is 0 Å². The zero-order valence-corrected chi connectivity index (χ0v) is 12.0. The van der Waals surface area contributed by atoms with Crippen LogP contribution in [0.2, 0.25) is 0 Å². The second kappa shape index (κ2) is 6.18. The van der Waals surface area contributed by atoms with Gasteiger partial charge in [0.1, 0.15) is 6.10 Å². The van der Waals surface area contributed by atoms with Gasteiger partial charge >= 0.3 is 0 Å². The van der Waals surface area contributed by atoms with Gasteiger partial charge in [0, 0.05) is 37.6 Å². The molecule has 1 atom stereocenters. The van der Waals surface area contributed by atoms with E-state index in [2.05, 4.69) is 20.9 Å². The second-order valence-electron chi connectivity index (χ2n) is 5.31. The maximum Gasteiger partial charge on any atom is 0.216 e. The minimum atomic E-state index is -0.506. The maximum atomic E-state index is 13.0. The summed E-state index contributed by atoms with van der Waals surface area (Å²) in [6.07, 6.45) is 2.80. The van der Waals surface area contributed by atoms with Gasteiger partial charge < -0.3 is 4.74 Å². The molecule has 0 amide bonds. The van der Waals surface area contributed by atoms with E-state index in [1.807, 2.05) is 19.2 Å². The van der Waals surface area contributed by atoms with Gasteiger partial charge in [-0.2, -0.15) is 9.37 Å². The number of hydrogen-bond acceptors (Lipinski definition) is 4. The summed E-state index contributed by atoms with van der Waals surface area (Å²) < 4.78 is 18.8. The van der Waals surface area contributed by atoms with Crippen LogP contribution >= 0.6 is 0 Å². The molecule has 0 saturated carbocycles. The van der Waals surface area contributed by atoms with Crippen molar-refractivity contribution in [3.8, 4) is 5.88 Å². The number of hydrogen-bond donors (Lipinski definition) is 0. The molecule has 0 N–H and O–H groups in total. The third-order valence-corrected chi connectivity index (χ3v) is 3.72. The lowest BCUT2D eigenvalue weighted by Gasteiger charge is -2.17. The number of pyridine rings is 2. The number of likely N-dealkylation sites (tertiary alicyclic amines) is 1. The van der Waals surface area contributed by atoms with E-state index in [1.165, 1.54) is 11.6 Å². The summed E-state index contributed by atoms with van der Waals surface area (Å²) in [6.45, 7) is 4.69. The van der Waals surface area contributed by atoms with E-state index in [0.717, 1.165) is 31.7 Å². The largest absolute Gasteiger partial charge is 0.473 e. The van der Waals surface area contributed by atoms with Crippen LogP contribution in [0.4, 0.5) is 4.39 Å². The van der Waals surface area contributed by atoms with Gasteiger partial charge in [0.2, 0.25) is 11.8 Å². The van der Waals surface area contributed by atoms with Crippen molar-refractivity contribution in [3.63, 3.8) is 0 Å². The van der Waals surface area contributed by atoms with Crippen molar-refractivity contribution in [2.75, 3.05) is 13.1 Å². The van der Waals surface area contributed by atoms with E-state index in [9.17, 15) is 4.39 Å². The highest BCUT2D eigenvalue weighted by Crippen LogP contribution is 2.19.